The van der Waals surface area contributed by atoms with E-state index in [1.807, 2.05) is 0 Å². The molecule has 0 aliphatic carbocycles. The summed E-state index contributed by atoms with van der Waals surface area (Å²) >= 11 is 0. The van der Waals surface area contributed by atoms with E-state index >= 15 is 0 Å². The Morgan fingerprint density at radius 1 is 0.816 bits per heavy atom. The van der Waals surface area contributed by atoms with Crippen molar-refractivity contribution in [3.63, 3.8) is 0 Å². The monoisotopic (exact) mass is 715 g/mol. The number of methoxy groups -OCH3 is 1. The average molecular weight is 716 g/mol. The number of anilines is 1. The Morgan fingerprint density at radius 2 is 1.39 bits per heavy atom. The van der Waals surface area contributed by atoms with Crippen LogP contribution in [0.15, 0.2) is 48.5 Å². The molecule has 0 radical (unpaired) electrons. The first-order chi connectivity index (χ1) is 22.6. The van der Waals surface area contributed by atoms with Gasteiger partial charge in [0, 0.05) is 56.9 Å². The number of hydrogen-bond donors (Lipinski definition) is 0. The molecule has 1 saturated heterocycles. The molecule has 0 saturated carbocycles. The first-order valence-electron chi connectivity index (χ1n) is 15.2. The van der Waals surface area contributed by atoms with Gasteiger partial charge in [-0.2, -0.15) is 39.5 Å². The van der Waals surface area contributed by atoms with Crippen LogP contribution in [-0.4, -0.2) is 91.9 Å². The van der Waals surface area contributed by atoms with Gasteiger partial charge in [0.15, 0.2) is 0 Å². The Morgan fingerprint density at radius 3 is 1.90 bits per heavy atom. The molecule has 1 unspecified atom stereocenters. The third-order valence-electron chi connectivity index (χ3n) is 7.39. The highest BCUT2D eigenvalue weighted by molar-refractivity contribution is 5.70. The van der Waals surface area contributed by atoms with Crippen LogP contribution in [0.4, 0.5) is 50.0 Å². The number of carbonyl (C=O) groups excluding carboxylic acids is 2. The van der Waals surface area contributed by atoms with Gasteiger partial charge in [-0.25, -0.2) is 4.79 Å². The second-order valence-electron chi connectivity index (χ2n) is 12.3. The summed E-state index contributed by atoms with van der Waals surface area (Å²) in [4.78, 5) is 27.8. The van der Waals surface area contributed by atoms with E-state index in [1.165, 1.54) is 25.3 Å². The molecule has 17 heteroatoms. The molecule has 274 valence electrons. The number of alkyl halides is 9. The van der Waals surface area contributed by atoms with Crippen LogP contribution < -0.4 is 9.64 Å². The van der Waals surface area contributed by atoms with Crippen molar-refractivity contribution in [2.45, 2.75) is 76.4 Å². The molecule has 1 fully saturated rings. The Labute approximate surface area is 277 Å². The van der Waals surface area contributed by atoms with Gasteiger partial charge in [0.05, 0.1) is 7.11 Å². The quantitative estimate of drug-likeness (QED) is 0.175. The highest BCUT2D eigenvalue weighted by Gasteiger charge is 2.60. The zero-order valence-corrected chi connectivity index (χ0v) is 27.2. The largest absolute Gasteiger partial charge is 0.497 e. The summed E-state index contributed by atoms with van der Waals surface area (Å²) in [6, 6.07) is 10.3. The number of para-hydroxylation sites is 1. The normalized spacial score (nSPS) is 15.6. The Balaban J connectivity index is 1.88. The van der Waals surface area contributed by atoms with E-state index in [4.69, 9.17) is 9.47 Å². The minimum Gasteiger partial charge on any atom is -0.497 e. The number of amides is 1. The Bertz CT molecular complexity index is 1370. The lowest BCUT2D eigenvalue weighted by Crippen LogP contribution is -2.54. The molecule has 0 N–H and O–H groups in total. The van der Waals surface area contributed by atoms with Gasteiger partial charge in [0.1, 0.15) is 17.4 Å². The van der Waals surface area contributed by atoms with E-state index < -0.39 is 74.5 Å². The van der Waals surface area contributed by atoms with Crippen molar-refractivity contribution in [3.8, 4) is 5.75 Å². The molecule has 1 aliphatic heterocycles. The van der Waals surface area contributed by atoms with Crippen molar-refractivity contribution in [1.82, 2.24) is 9.80 Å². The summed E-state index contributed by atoms with van der Waals surface area (Å²) < 4.78 is 136. The number of benzene rings is 2. The third kappa shape index (κ3) is 11.6. The molecule has 2 aromatic carbocycles. The van der Waals surface area contributed by atoms with Gasteiger partial charge >= 0.3 is 30.6 Å². The maximum absolute atomic E-state index is 14.9. The lowest BCUT2D eigenvalue weighted by atomic mass is 9.99. The van der Waals surface area contributed by atoms with E-state index in [1.54, 1.807) is 56.0 Å². The maximum atomic E-state index is 14.9. The molecular formula is C32H38F9N3O5. The summed E-state index contributed by atoms with van der Waals surface area (Å²) in [5, 5.41) is 0. The fourth-order valence-corrected chi connectivity index (χ4v) is 5.29. The van der Waals surface area contributed by atoms with Crippen LogP contribution in [0.2, 0.25) is 0 Å². The minimum absolute atomic E-state index is 0.0111. The van der Waals surface area contributed by atoms with Gasteiger partial charge in [0.2, 0.25) is 0 Å². The van der Waals surface area contributed by atoms with Crippen LogP contribution in [0.25, 0.3) is 0 Å². The zero-order valence-electron chi connectivity index (χ0n) is 27.2. The van der Waals surface area contributed by atoms with Gasteiger partial charge in [0.25, 0.3) is 6.10 Å². The number of ether oxygens (including phenoxy) is 3. The fraction of sp³-hybridized carbons (Fsp3) is 0.562. The SMILES string of the molecule is COc1ccc(CN(CCCC(=O)OC(C)(C)C)c2ccccc2C(N2CCN(C(=O)OC(C(F)(F)F)C(F)(F)F)CC2)C(F)(F)F)cc1. The second kappa shape index (κ2) is 15.8. The first-order valence-corrected chi connectivity index (χ1v) is 15.2. The van der Waals surface area contributed by atoms with Gasteiger partial charge in [-0.3, -0.25) is 9.69 Å². The molecule has 0 aromatic heterocycles. The summed E-state index contributed by atoms with van der Waals surface area (Å²) in [6.45, 7) is 3.09. The number of nitrogens with zero attached hydrogens (tertiary/aromatic N) is 3. The summed E-state index contributed by atoms with van der Waals surface area (Å²) in [6.07, 6.45) is -22.9. The topological polar surface area (TPSA) is 71.5 Å². The molecule has 1 heterocycles. The van der Waals surface area contributed by atoms with Crippen molar-refractivity contribution in [2.75, 3.05) is 44.7 Å². The molecule has 2 aromatic rings. The summed E-state index contributed by atoms with van der Waals surface area (Å²) in [7, 11) is 1.48. The van der Waals surface area contributed by atoms with Crippen LogP contribution in [0.5, 0.6) is 5.75 Å². The lowest BCUT2D eigenvalue weighted by molar-refractivity contribution is -0.308. The lowest BCUT2D eigenvalue weighted by Gasteiger charge is -2.41. The highest BCUT2D eigenvalue weighted by Crippen LogP contribution is 2.43. The third-order valence-corrected chi connectivity index (χ3v) is 7.39. The Kier molecular flexibility index (Phi) is 12.7. The van der Waals surface area contributed by atoms with Crippen LogP contribution in [-0.2, 0) is 20.8 Å². The summed E-state index contributed by atoms with van der Waals surface area (Å²) in [5.41, 5.74) is 0.00127. The number of carbonyl (C=O) groups is 2. The maximum Gasteiger partial charge on any atom is 0.434 e. The van der Waals surface area contributed by atoms with E-state index in [9.17, 15) is 49.1 Å². The molecule has 0 bridgehead atoms. The molecule has 0 spiro atoms. The van der Waals surface area contributed by atoms with Crippen molar-refractivity contribution in [2.24, 2.45) is 0 Å². The average Bonchev–Trinajstić information content (AvgIpc) is 2.97. The van der Waals surface area contributed by atoms with Crippen LogP contribution >= 0.6 is 0 Å². The molecular weight excluding hydrogens is 677 g/mol. The minimum atomic E-state index is -5.94. The highest BCUT2D eigenvalue weighted by atomic mass is 19.4. The number of hydrogen-bond acceptors (Lipinski definition) is 7. The number of esters is 1. The van der Waals surface area contributed by atoms with Gasteiger partial charge in [-0.15, -0.1) is 0 Å². The number of piperazine rings is 1. The second-order valence-corrected chi connectivity index (χ2v) is 12.3. The van der Waals surface area contributed by atoms with Gasteiger partial charge in [-0.05, 0) is 51.0 Å². The molecule has 49 heavy (non-hydrogen) atoms. The number of halogens is 9. The predicted octanol–water partition coefficient (Wildman–Crippen LogP) is 7.67. The zero-order chi connectivity index (χ0) is 36.8. The van der Waals surface area contributed by atoms with Crippen LogP contribution in [0.1, 0.15) is 50.8 Å². The fourth-order valence-electron chi connectivity index (χ4n) is 5.29. The molecule has 8 nitrogen and oxygen atoms in total. The van der Waals surface area contributed by atoms with E-state index in [0.717, 1.165) is 10.5 Å². The first kappa shape index (κ1) is 39.5. The predicted molar refractivity (Wildman–Crippen MR) is 160 cm³/mol. The van der Waals surface area contributed by atoms with Crippen molar-refractivity contribution in [1.29, 1.82) is 0 Å². The van der Waals surface area contributed by atoms with Crippen molar-refractivity contribution < 1.29 is 63.3 Å². The van der Waals surface area contributed by atoms with E-state index in [-0.39, 0.29) is 37.2 Å². The number of rotatable bonds is 11. The molecule has 3 rings (SSSR count). The van der Waals surface area contributed by atoms with Gasteiger partial charge < -0.3 is 24.0 Å². The smallest absolute Gasteiger partial charge is 0.434 e. The van der Waals surface area contributed by atoms with Crippen molar-refractivity contribution in [3.05, 3.63) is 59.7 Å². The Hall–Kier alpha value is -3.89. The molecule has 1 amide bonds. The molecule has 1 atom stereocenters. The van der Waals surface area contributed by atoms with E-state index in [2.05, 4.69) is 4.74 Å². The van der Waals surface area contributed by atoms with Gasteiger partial charge in [-0.1, -0.05) is 30.3 Å². The van der Waals surface area contributed by atoms with E-state index in [0.29, 0.717) is 10.6 Å². The summed E-state index contributed by atoms with van der Waals surface area (Å²) in [5.74, 6) is 0.0830. The van der Waals surface area contributed by atoms with Crippen LogP contribution in [0.3, 0.4) is 0 Å². The van der Waals surface area contributed by atoms with Crippen LogP contribution in [0, 0.1) is 0 Å². The molecule has 1 aliphatic rings. The van der Waals surface area contributed by atoms with Crippen molar-refractivity contribution >= 4 is 17.7 Å². The standard InChI is InChI=1S/C32H38F9N3O5/c1-29(2,3)49-25(45)10-7-15-44(20-21-11-13-22(47-4)14-12-21)24-9-6-5-8-23(24)26(30(33,34)35)42-16-18-43(19-17-42)28(46)48-27(31(36,37)38)32(39,40)41/h5-6,8-9,11-14,26-27H,7,10,15-20H2,1-4H3.